The van der Waals surface area contributed by atoms with Gasteiger partial charge in [0, 0.05) is 24.7 Å². The van der Waals surface area contributed by atoms with Gasteiger partial charge in [-0.15, -0.1) is 0 Å². The number of nitrogens with one attached hydrogen (secondary N) is 1. The van der Waals surface area contributed by atoms with Crippen molar-refractivity contribution in [1.82, 2.24) is 14.5 Å². The van der Waals surface area contributed by atoms with Crippen LogP contribution in [0.1, 0.15) is 31.4 Å². The van der Waals surface area contributed by atoms with Crippen LogP contribution < -0.4 is 11.2 Å². The van der Waals surface area contributed by atoms with Crippen LogP contribution in [0.25, 0.3) is 17.0 Å². The van der Waals surface area contributed by atoms with E-state index < -0.39 is 5.69 Å². The molecule has 1 N–H and O–H groups in total. The van der Waals surface area contributed by atoms with Crippen molar-refractivity contribution < 1.29 is 4.79 Å². The molecule has 1 aliphatic heterocycles. The van der Waals surface area contributed by atoms with Crippen LogP contribution in [0.2, 0.25) is 0 Å². The Bertz CT molecular complexity index is 1180. The number of hydrogen-bond donors (Lipinski definition) is 1. The fourth-order valence-electron chi connectivity index (χ4n) is 3.95. The molecule has 1 fully saturated rings. The number of carbonyl (C=O) groups is 1. The number of carbonyl (C=O) groups excluding carboxylic acids is 1. The third kappa shape index (κ3) is 3.78. The number of benzene rings is 2. The van der Waals surface area contributed by atoms with Crippen LogP contribution in [0.5, 0.6) is 0 Å². The van der Waals surface area contributed by atoms with E-state index in [9.17, 15) is 14.4 Å². The quantitative estimate of drug-likeness (QED) is 0.700. The van der Waals surface area contributed by atoms with E-state index in [1.165, 1.54) is 4.57 Å². The van der Waals surface area contributed by atoms with Crippen molar-refractivity contribution in [2.24, 2.45) is 0 Å². The number of aromatic amines is 1. The average Bonchev–Trinajstić information content (AvgIpc) is 2.74. The molecule has 1 saturated heterocycles. The minimum absolute atomic E-state index is 0.00734. The molecule has 29 heavy (non-hydrogen) atoms. The molecule has 1 aromatic heterocycles. The van der Waals surface area contributed by atoms with E-state index in [1.54, 1.807) is 29.2 Å². The van der Waals surface area contributed by atoms with Crippen LogP contribution in [0, 0.1) is 0 Å². The fraction of sp³-hybridized carbons (Fsp3) is 0.261. The summed E-state index contributed by atoms with van der Waals surface area (Å²) in [5.41, 5.74) is 1.55. The first-order chi connectivity index (χ1) is 14.0. The number of fused-ring (bicyclic) bond motifs is 1. The molecule has 2 heterocycles. The van der Waals surface area contributed by atoms with E-state index in [0.29, 0.717) is 42.4 Å². The Morgan fingerprint density at radius 2 is 1.66 bits per heavy atom. The van der Waals surface area contributed by atoms with E-state index in [4.69, 9.17) is 0 Å². The third-order valence-corrected chi connectivity index (χ3v) is 5.47. The van der Waals surface area contributed by atoms with Crippen LogP contribution in [0.3, 0.4) is 0 Å². The van der Waals surface area contributed by atoms with Gasteiger partial charge in [-0.05, 0) is 43.5 Å². The highest BCUT2D eigenvalue weighted by atomic mass is 16.2. The highest BCUT2D eigenvalue weighted by Gasteiger charge is 2.26. The van der Waals surface area contributed by atoms with Crippen LogP contribution in [0.15, 0.2) is 69.8 Å². The van der Waals surface area contributed by atoms with Gasteiger partial charge in [-0.2, -0.15) is 0 Å². The first kappa shape index (κ1) is 18.9. The van der Waals surface area contributed by atoms with Gasteiger partial charge in [-0.1, -0.05) is 42.5 Å². The number of aromatic nitrogens is 2. The summed E-state index contributed by atoms with van der Waals surface area (Å²) in [6, 6.07) is 16.6. The Morgan fingerprint density at radius 1 is 1.00 bits per heavy atom. The largest absolute Gasteiger partial charge is 0.339 e. The van der Waals surface area contributed by atoms with E-state index >= 15 is 0 Å². The summed E-state index contributed by atoms with van der Waals surface area (Å²) in [4.78, 5) is 42.7. The molecule has 0 unspecified atom stereocenters. The van der Waals surface area contributed by atoms with Gasteiger partial charge in [-0.25, -0.2) is 4.79 Å². The SMILES string of the molecule is CC(=Cc1ccccc1)C(=O)N1CCC(n2c(=O)[nH]c3ccccc3c2=O)CC1. The zero-order valence-electron chi connectivity index (χ0n) is 16.3. The lowest BCUT2D eigenvalue weighted by Crippen LogP contribution is -2.45. The second kappa shape index (κ2) is 7.91. The molecule has 0 spiro atoms. The zero-order valence-corrected chi connectivity index (χ0v) is 16.3. The lowest BCUT2D eigenvalue weighted by atomic mass is 10.0. The Hall–Kier alpha value is -3.41. The number of amides is 1. The van der Waals surface area contributed by atoms with Crippen molar-refractivity contribution in [1.29, 1.82) is 0 Å². The van der Waals surface area contributed by atoms with Gasteiger partial charge >= 0.3 is 5.69 Å². The van der Waals surface area contributed by atoms with E-state index in [2.05, 4.69) is 4.98 Å². The molecule has 1 amide bonds. The monoisotopic (exact) mass is 389 g/mol. The van der Waals surface area contributed by atoms with Crippen molar-refractivity contribution in [3.8, 4) is 0 Å². The minimum atomic E-state index is -0.390. The lowest BCUT2D eigenvalue weighted by Gasteiger charge is -2.32. The average molecular weight is 389 g/mol. The first-order valence-corrected chi connectivity index (χ1v) is 9.81. The Balaban J connectivity index is 1.51. The fourth-order valence-corrected chi connectivity index (χ4v) is 3.95. The van der Waals surface area contributed by atoms with Crippen LogP contribution in [0.4, 0.5) is 0 Å². The first-order valence-electron chi connectivity index (χ1n) is 9.81. The zero-order chi connectivity index (χ0) is 20.4. The maximum atomic E-state index is 12.8. The standard InChI is InChI=1S/C23H23N3O3/c1-16(15-17-7-3-2-4-8-17)21(27)25-13-11-18(12-14-25)26-22(28)19-9-5-6-10-20(19)24-23(26)29/h2-10,15,18H,11-14H2,1H3,(H,24,29). The molecule has 0 radical (unpaired) electrons. The summed E-state index contributed by atoms with van der Waals surface area (Å²) in [5.74, 6) is -0.00734. The van der Waals surface area contributed by atoms with Gasteiger partial charge in [-0.3, -0.25) is 14.2 Å². The van der Waals surface area contributed by atoms with Gasteiger partial charge < -0.3 is 9.88 Å². The molecule has 0 atom stereocenters. The predicted octanol–water partition coefficient (Wildman–Crippen LogP) is 2.96. The van der Waals surface area contributed by atoms with Crippen molar-refractivity contribution in [3.63, 3.8) is 0 Å². The van der Waals surface area contributed by atoms with Gasteiger partial charge in [0.05, 0.1) is 10.9 Å². The number of rotatable bonds is 3. The maximum absolute atomic E-state index is 12.8. The van der Waals surface area contributed by atoms with E-state index in [-0.39, 0.29) is 17.5 Å². The second-order valence-electron chi connectivity index (χ2n) is 7.41. The van der Waals surface area contributed by atoms with Gasteiger partial charge in [0.2, 0.25) is 5.91 Å². The number of para-hydroxylation sites is 1. The van der Waals surface area contributed by atoms with Crippen molar-refractivity contribution in [2.45, 2.75) is 25.8 Å². The third-order valence-electron chi connectivity index (χ3n) is 5.47. The smallest absolute Gasteiger partial charge is 0.329 e. The minimum Gasteiger partial charge on any atom is -0.339 e. The Morgan fingerprint density at radius 3 is 2.38 bits per heavy atom. The Labute approximate surface area is 168 Å². The molecule has 6 heteroatoms. The number of nitrogens with zero attached hydrogens (tertiary/aromatic N) is 2. The maximum Gasteiger partial charge on any atom is 0.329 e. The van der Waals surface area contributed by atoms with Gasteiger partial charge in [0.25, 0.3) is 5.56 Å². The molecule has 4 rings (SSSR count). The summed E-state index contributed by atoms with van der Waals surface area (Å²) in [7, 11) is 0. The highest BCUT2D eigenvalue weighted by molar-refractivity contribution is 5.97. The predicted molar refractivity (Wildman–Crippen MR) is 114 cm³/mol. The molecule has 0 saturated carbocycles. The van der Waals surface area contributed by atoms with Crippen molar-refractivity contribution in [2.75, 3.05) is 13.1 Å². The normalized spacial score (nSPS) is 15.6. The molecule has 0 aliphatic carbocycles. The molecule has 0 bridgehead atoms. The molecule has 6 nitrogen and oxygen atoms in total. The summed E-state index contributed by atoms with van der Waals surface area (Å²) in [5, 5.41) is 0.507. The summed E-state index contributed by atoms with van der Waals surface area (Å²) in [6.45, 7) is 2.85. The van der Waals surface area contributed by atoms with Crippen LogP contribution in [-0.2, 0) is 4.79 Å². The van der Waals surface area contributed by atoms with Crippen LogP contribution >= 0.6 is 0 Å². The number of H-pyrrole nitrogens is 1. The van der Waals surface area contributed by atoms with Gasteiger partial charge in [0.15, 0.2) is 0 Å². The van der Waals surface area contributed by atoms with Crippen molar-refractivity contribution >= 4 is 22.9 Å². The summed E-state index contributed by atoms with van der Waals surface area (Å²) >= 11 is 0. The van der Waals surface area contributed by atoms with E-state index in [0.717, 1.165) is 5.56 Å². The molecular formula is C23H23N3O3. The number of likely N-dealkylation sites (tertiary alicyclic amines) is 1. The van der Waals surface area contributed by atoms with E-state index in [1.807, 2.05) is 43.3 Å². The molecular weight excluding hydrogens is 366 g/mol. The Kier molecular flexibility index (Phi) is 5.16. The molecule has 1 aliphatic rings. The van der Waals surface area contributed by atoms with Crippen molar-refractivity contribution in [3.05, 3.63) is 86.6 Å². The number of hydrogen-bond acceptors (Lipinski definition) is 3. The van der Waals surface area contributed by atoms with Gasteiger partial charge in [0.1, 0.15) is 0 Å². The molecule has 2 aromatic carbocycles. The summed E-state index contributed by atoms with van der Waals surface area (Å²) in [6.07, 6.45) is 3.03. The van der Waals surface area contributed by atoms with Crippen LogP contribution in [-0.4, -0.2) is 33.4 Å². The number of piperidine rings is 1. The lowest BCUT2D eigenvalue weighted by molar-refractivity contribution is -0.128. The molecule has 148 valence electrons. The highest BCUT2D eigenvalue weighted by Crippen LogP contribution is 2.22. The summed E-state index contributed by atoms with van der Waals surface area (Å²) < 4.78 is 1.32. The molecule has 3 aromatic rings. The topological polar surface area (TPSA) is 75.2 Å². The second-order valence-corrected chi connectivity index (χ2v) is 7.41.